The van der Waals surface area contributed by atoms with Crippen molar-refractivity contribution in [2.45, 2.75) is 5.41 Å². The summed E-state index contributed by atoms with van der Waals surface area (Å²) >= 11 is 1.84. The molecule has 0 N–H and O–H groups in total. The van der Waals surface area contributed by atoms with E-state index in [1.807, 2.05) is 11.3 Å². The van der Waals surface area contributed by atoms with E-state index >= 15 is 0 Å². The molecule has 0 saturated heterocycles. The topological polar surface area (TPSA) is 21.3 Å². The van der Waals surface area contributed by atoms with Crippen LogP contribution in [0, 0.1) is 0 Å². The lowest BCUT2D eigenvalue weighted by Gasteiger charge is -2.35. The minimum absolute atomic E-state index is 0.641. The van der Waals surface area contributed by atoms with Crippen molar-refractivity contribution in [3.8, 4) is 16.8 Å². The Labute approximate surface area is 379 Å². The van der Waals surface area contributed by atoms with E-state index in [0.29, 0.717) is 0 Å². The fourth-order valence-corrected chi connectivity index (χ4v) is 12.4. The van der Waals surface area contributed by atoms with Crippen molar-refractivity contribution < 1.29 is 4.42 Å². The molecule has 0 bridgehead atoms. The van der Waals surface area contributed by atoms with Gasteiger partial charge in [0.15, 0.2) is 0 Å². The van der Waals surface area contributed by atoms with E-state index in [-0.39, 0.29) is 0 Å². The molecule has 1 aliphatic carbocycles. The normalized spacial score (nSPS) is 13.0. The Morgan fingerprint density at radius 3 is 1.68 bits per heavy atom. The largest absolute Gasteiger partial charge is 0.455 e. The quantitative estimate of drug-likeness (QED) is 0.166. The molecule has 0 fully saturated rings. The highest BCUT2D eigenvalue weighted by Gasteiger charge is 2.47. The van der Waals surface area contributed by atoms with Gasteiger partial charge in [0.25, 0.3) is 0 Å². The van der Waals surface area contributed by atoms with Gasteiger partial charge < -0.3 is 13.9 Å². The van der Waals surface area contributed by atoms with Gasteiger partial charge in [-0.2, -0.15) is 0 Å². The molecule has 0 unspecified atom stereocenters. The van der Waals surface area contributed by atoms with E-state index < -0.39 is 5.41 Å². The second kappa shape index (κ2) is 13.9. The zero-order valence-electron chi connectivity index (χ0n) is 35.2. The monoisotopic (exact) mass is 846 g/mol. The number of fused-ring (bicyclic) bond motifs is 13. The molecule has 0 atom stereocenters. The van der Waals surface area contributed by atoms with Gasteiger partial charge in [-0.1, -0.05) is 164 Å². The Morgan fingerprint density at radius 1 is 0.431 bits per heavy atom. The Hall–Kier alpha value is -8.18. The molecule has 0 saturated carbocycles. The Balaban J connectivity index is 1.08. The second-order valence-electron chi connectivity index (χ2n) is 17.2. The van der Waals surface area contributed by atoms with Crippen LogP contribution in [0.5, 0.6) is 0 Å². The third-order valence-corrected chi connectivity index (χ3v) is 15.0. The summed E-state index contributed by atoms with van der Waals surface area (Å²) in [5, 5.41) is 7.10. The Morgan fingerprint density at radius 2 is 0.985 bits per heavy atom. The van der Waals surface area contributed by atoms with Crippen molar-refractivity contribution in [1.29, 1.82) is 0 Å². The predicted molar refractivity (Wildman–Crippen MR) is 273 cm³/mol. The number of hydrogen-bond donors (Lipinski definition) is 0. The SMILES string of the molecule is c1ccc(N(c2ccc3c(c2)C(c2ccccc2)(c2ccccc2)c2cc(-n4c5ccccc5c5ccccc54)ccc2-3)c2cc3c4ccccc4oc3c3c2sc2ccccc23)cc1. The van der Waals surface area contributed by atoms with E-state index in [4.69, 9.17) is 4.42 Å². The first-order valence-corrected chi connectivity index (χ1v) is 23.1. The molecule has 1 aliphatic rings. The van der Waals surface area contributed by atoms with Crippen LogP contribution in [0.1, 0.15) is 22.3 Å². The van der Waals surface area contributed by atoms with Crippen molar-refractivity contribution in [3.05, 3.63) is 253 Å². The van der Waals surface area contributed by atoms with Crippen molar-refractivity contribution >= 4 is 92.3 Å². The van der Waals surface area contributed by atoms with E-state index in [1.54, 1.807) is 0 Å². The molecule has 3 aromatic heterocycles. The van der Waals surface area contributed by atoms with Crippen LogP contribution in [0.15, 0.2) is 235 Å². The minimum Gasteiger partial charge on any atom is -0.455 e. The molecule has 0 amide bonds. The molecule has 3 nitrogen and oxygen atoms in total. The summed E-state index contributed by atoms with van der Waals surface area (Å²) in [5.74, 6) is 0. The first-order valence-electron chi connectivity index (χ1n) is 22.3. The predicted octanol–water partition coefficient (Wildman–Crippen LogP) is 16.9. The van der Waals surface area contributed by atoms with E-state index in [9.17, 15) is 0 Å². The average molecular weight is 847 g/mol. The molecular formula is C61H38N2OS. The average Bonchev–Trinajstić information content (AvgIpc) is 4.12. The van der Waals surface area contributed by atoms with Gasteiger partial charge in [0, 0.05) is 54.1 Å². The summed E-state index contributed by atoms with van der Waals surface area (Å²) < 4.78 is 11.6. The zero-order chi connectivity index (χ0) is 42.6. The van der Waals surface area contributed by atoms with Crippen LogP contribution < -0.4 is 4.90 Å². The zero-order valence-corrected chi connectivity index (χ0v) is 36.0. The van der Waals surface area contributed by atoms with E-state index in [1.165, 1.54) is 70.0 Å². The molecule has 10 aromatic carbocycles. The lowest BCUT2D eigenvalue weighted by atomic mass is 9.67. The smallest absolute Gasteiger partial charge is 0.144 e. The lowest BCUT2D eigenvalue weighted by molar-refractivity contribution is 0.673. The number of para-hydroxylation sites is 4. The first kappa shape index (κ1) is 36.3. The first-order chi connectivity index (χ1) is 32.3. The number of aromatic nitrogens is 1. The maximum Gasteiger partial charge on any atom is 0.144 e. The summed E-state index contributed by atoms with van der Waals surface area (Å²) in [6, 6.07) is 84.7. The van der Waals surface area contributed by atoms with Gasteiger partial charge in [0.05, 0.1) is 26.8 Å². The van der Waals surface area contributed by atoms with Gasteiger partial charge in [-0.3, -0.25) is 0 Å². The van der Waals surface area contributed by atoms with Crippen LogP contribution in [0.4, 0.5) is 17.1 Å². The summed E-state index contributed by atoms with van der Waals surface area (Å²) in [5.41, 5.74) is 15.5. The fourth-order valence-electron chi connectivity index (χ4n) is 11.2. The maximum absolute atomic E-state index is 6.77. The molecule has 13 aromatic rings. The van der Waals surface area contributed by atoms with E-state index in [2.05, 4.69) is 240 Å². The van der Waals surface area contributed by atoms with Gasteiger partial charge >= 0.3 is 0 Å². The fraction of sp³-hybridized carbons (Fsp3) is 0.0164. The standard InChI is InChI=1S/C61H38N2OS/c1-4-18-39(19-5-1)61(40-20-6-2-7-21-40)51-36-42(32-34-44(51)45-35-33-43(37-52(45)61)63-53-28-14-10-24-46(53)47-25-11-15-29-54(47)63)62(41-22-8-3-9-23-41)55-38-50-48-26-12-16-30-56(48)64-59(50)58-49-27-13-17-31-57(49)65-60(55)58/h1-38H. The van der Waals surface area contributed by atoms with Gasteiger partial charge in [-0.05, 0) is 100 Å². The van der Waals surface area contributed by atoms with Crippen LogP contribution in [-0.2, 0) is 5.41 Å². The van der Waals surface area contributed by atoms with Gasteiger partial charge in [0.1, 0.15) is 11.2 Å². The molecule has 65 heavy (non-hydrogen) atoms. The van der Waals surface area contributed by atoms with Crippen molar-refractivity contribution in [2.24, 2.45) is 0 Å². The maximum atomic E-state index is 6.77. The van der Waals surface area contributed by atoms with Crippen LogP contribution in [-0.4, -0.2) is 4.57 Å². The summed E-state index contributed by atoms with van der Waals surface area (Å²) in [7, 11) is 0. The molecule has 14 rings (SSSR count). The molecular weight excluding hydrogens is 809 g/mol. The molecule has 304 valence electrons. The second-order valence-corrected chi connectivity index (χ2v) is 18.2. The van der Waals surface area contributed by atoms with Crippen LogP contribution in [0.2, 0.25) is 0 Å². The summed E-state index contributed by atoms with van der Waals surface area (Å²) in [6.07, 6.45) is 0. The van der Waals surface area contributed by atoms with Crippen molar-refractivity contribution in [2.75, 3.05) is 4.90 Å². The van der Waals surface area contributed by atoms with Crippen LogP contribution in [0.3, 0.4) is 0 Å². The molecule has 3 heterocycles. The lowest BCUT2D eigenvalue weighted by Crippen LogP contribution is -2.29. The summed E-state index contributed by atoms with van der Waals surface area (Å²) in [4.78, 5) is 2.48. The van der Waals surface area contributed by atoms with Gasteiger partial charge in [0.2, 0.25) is 0 Å². The Bertz CT molecular complexity index is 3920. The number of nitrogens with zero attached hydrogens (tertiary/aromatic N) is 2. The van der Waals surface area contributed by atoms with E-state index in [0.717, 1.165) is 50.1 Å². The highest BCUT2D eigenvalue weighted by atomic mass is 32.1. The molecule has 4 heteroatoms. The number of hydrogen-bond acceptors (Lipinski definition) is 3. The Kier molecular flexibility index (Phi) is 7.77. The van der Waals surface area contributed by atoms with Crippen LogP contribution in [0.25, 0.3) is 80.7 Å². The third kappa shape index (κ3) is 5.11. The highest BCUT2D eigenvalue weighted by Crippen LogP contribution is 2.58. The number of anilines is 3. The van der Waals surface area contributed by atoms with Crippen molar-refractivity contribution in [1.82, 2.24) is 4.57 Å². The van der Waals surface area contributed by atoms with Gasteiger partial charge in [-0.25, -0.2) is 0 Å². The summed E-state index contributed by atoms with van der Waals surface area (Å²) in [6.45, 7) is 0. The molecule has 0 spiro atoms. The number of furan rings is 1. The molecule has 0 radical (unpaired) electrons. The number of benzene rings is 10. The number of thiophene rings is 1. The highest BCUT2D eigenvalue weighted by molar-refractivity contribution is 7.26. The van der Waals surface area contributed by atoms with Gasteiger partial charge in [-0.15, -0.1) is 11.3 Å². The van der Waals surface area contributed by atoms with Crippen LogP contribution >= 0.6 is 11.3 Å². The minimum atomic E-state index is -0.641. The molecule has 0 aliphatic heterocycles. The third-order valence-electron chi connectivity index (χ3n) is 13.8. The number of rotatable bonds is 6. The van der Waals surface area contributed by atoms with Crippen molar-refractivity contribution in [3.63, 3.8) is 0 Å².